The van der Waals surface area contributed by atoms with Crippen LogP contribution in [-0.4, -0.2) is 42.1 Å². The third kappa shape index (κ3) is 4.05. The van der Waals surface area contributed by atoms with Crippen molar-refractivity contribution in [2.45, 2.75) is 50.6 Å². The molecule has 0 saturated heterocycles. The van der Waals surface area contributed by atoms with E-state index in [1.165, 1.54) is 39.0 Å². The number of hydrogen-bond donors (Lipinski definition) is 3. The molecule has 1 atom stereocenters. The van der Waals surface area contributed by atoms with Gasteiger partial charge >= 0.3 is 6.18 Å². The second kappa shape index (κ2) is 8.38. The number of rotatable bonds is 5. The first-order valence-electron chi connectivity index (χ1n) is 12.0. The van der Waals surface area contributed by atoms with Crippen LogP contribution in [0.2, 0.25) is 0 Å². The third-order valence-corrected chi connectivity index (χ3v) is 6.90. The van der Waals surface area contributed by atoms with Crippen molar-refractivity contribution in [2.24, 2.45) is 0 Å². The highest BCUT2D eigenvalue weighted by Gasteiger charge is 2.52. The third-order valence-electron chi connectivity index (χ3n) is 6.90. The highest BCUT2D eigenvalue weighted by Crippen LogP contribution is 2.39. The standard InChI is InChI=1S/C25H24F3N7O2/c1-24(37,25(26,27)28)20-11-18(7-9-30-20)34-21-19(22(36)35(34)17-4-5-17)13-31-23(33-21)32-16-3-2-14-6-8-29-12-15(14)10-16/h2-3,7,9-11,13,17,29,37H,4-6,8,12H2,1H3,(H,31,32,33). The summed E-state index contributed by atoms with van der Waals surface area (Å²) in [6, 6.07) is 8.53. The molecule has 3 N–H and O–H groups in total. The molecular weight excluding hydrogens is 487 g/mol. The van der Waals surface area contributed by atoms with Crippen LogP contribution in [0.3, 0.4) is 0 Å². The molecule has 2 aliphatic rings. The average Bonchev–Trinajstić information content (AvgIpc) is 3.67. The summed E-state index contributed by atoms with van der Waals surface area (Å²) in [5.74, 6) is 0.245. The number of nitrogens with zero attached hydrogens (tertiary/aromatic N) is 5. The van der Waals surface area contributed by atoms with Gasteiger partial charge in [-0.15, -0.1) is 0 Å². The maximum Gasteiger partial charge on any atom is 0.422 e. The normalized spacial score (nSPS) is 17.4. The summed E-state index contributed by atoms with van der Waals surface area (Å²) >= 11 is 0. The molecule has 37 heavy (non-hydrogen) atoms. The Hall–Kier alpha value is -3.77. The van der Waals surface area contributed by atoms with Gasteiger partial charge in [-0.1, -0.05) is 6.07 Å². The molecular formula is C25H24F3N7O2. The minimum Gasteiger partial charge on any atom is -0.375 e. The van der Waals surface area contributed by atoms with Crippen LogP contribution in [0.5, 0.6) is 0 Å². The molecule has 1 aliphatic carbocycles. The Labute approximate surface area is 209 Å². The maximum atomic E-state index is 13.5. The molecule has 1 saturated carbocycles. The van der Waals surface area contributed by atoms with E-state index in [0.29, 0.717) is 6.92 Å². The largest absolute Gasteiger partial charge is 0.422 e. The monoisotopic (exact) mass is 511 g/mol. The van der Waals surface area contributed by atoms with Gasteiger partial charge in [-0.3, -0.25) is 9.78 Å². The van der Waals surface area contributed by atoms with Gasteiger partial charge in [0, 0.05) is 24.6 Å². The molecule has 12 heteroatoms. The van der Waals surface area contributed by atoms with Gasteiger partial charge < -0.3 is 15.7 Å². The van der Waals surface area contributed by atoms with Gasteiger partial charge in [-0.25, -0.2) is 14.3 Å². The lowest BCUT2D eigenvalue weighted by molar-refractivity contribution is -0.260. The number of aliphatic hydroxyl groups is 1. The van der Waals surface area contributed by atoms with Crippen molar-refractivity contribution in [3.63, 3.8) is 0 Å². The molecule has 6 rings (SSSR count). The predicted molar refractivity (Wildman–Crippen MR) is 130 cm³/mol. The van der Waals surface area contributed by atoms with E-state index in [0.717, 1.165) is 44.1 Å². The average molecular weight is 512 g/mol. The first-order chi connectivity index (χ1) is 17.6. The van der Waals surface area contributed by atoms with Crippen molar-refractivity contribution >= 4 is 22.7 Å². The van der Waals surface area contributed by atoms with Crippen molar-refractivity contribution in [1.82, 2.24) is 29.6 Å². The summed E-state index contributed by atoms with van der Waals surface area (Å²) in [4.78, 5) is 25.9. The van der Waals surface area contributed by atoms with Crippen molar-refractivity contribution in [3.05, 3.63) is 69.9 Å². The first-order valence-corrected chi connectivity index (χ1v) is 12.0. The topological polar surface area (TPSA) is 110 Å². The summed E-state index contributed by atoms with van der Waals surface area (Å²) < 4.78 is 43.5. The fourth-order valence-electron chi connectivity index (χ4n) is 4.61. The number of pyridine rings is 1. The van der Waals surface area contributed by atoms with Gasteiger partial charge in [0.15, 0.2) is 11.2 Å². The van der Waals surface area contributed by atoms with Crippen molar-refractivity contribution in [2.75, 3.05) is 11.9 Å². The molecule has 1 unspecified atom stereocenters. The molecule has 1 aromatic carbocycles. The zero-order valence-electron chi connectivity index (χ0n) is 19.9. The van der Waals surface area contributed by atoms with E-state index >= 15 is 0 Å². The number of nitrogens with one attached hydrogen (secondary N) is 2. The van der Waals surface area contributed by atoms with Gasteiger partial charge in [0.25, 0.3) is 5.56 Å². The minimum absolute atomic E-state index is 0.106. The van der Waals surface area contributed by atoms with Gasteiger partial charge in [-0.05, 0) is 68.1 Å². The van der Waals surface area contributed by atoms with Crippen LogP contribution >= 0.6 is 0 Å². The number of halogens is 3. The highest BCUT2D eigenvalue weighted by molar-refractivity contribution is 5.77. The maximum absolute atomic E-state index is 13.5. The molecule has 3 aromatic heterocycles. The summed E-state index contributed by atoms with van der Waals surface area (Å²) in [5.41, 5.74) is -0.358. The second-order valence-electron chi connectivity index (χ2n) is 9.63. The van der Waals surface area contributed by atoms with Crippen molar-refractivity contribution < 1.29 is 18.3 Å². The van der Waals surface area contributed by atoms with E-state index in [-0.39, 0.29) is 34.3 Å². The molecule has 4 heterocycles. The van der Waals surface area contributed by atoms with E-state index in [2.05, 4.69) is 31.7 Å². The molecule has 9 nitrogen and oxygen atoms in total. The predicted octanol–water partition coefficient (Wildman–Crippen LogP) is 3.47. The zero-order valence-corrected chi connectivity index (χ0v) is 19.9. The van der Waals surface area contributed by atoms with E-state index in [1.807, 2.05) is 12.1 Å². The van der Waals surface area contributed by atoms with E-state index < -0.39 is 17.5 Å². The number of anilines is 2. The van der Waals surface area contributed by atoms with E-state index in [4.69, 9.17) is 0 Å². The van der Waals surface area contributed by atoms with Gasteiger partial charge in [0.2, 0.25) is 5.95 Å². The lowest BCUT2D eigenvalue weighted by atomic mass is 10.0. The Bertz CT molecular complexity index is 1570. The lowest BCUT2D eigenvalue weighted by Crippen LogP contribution is -2.40. The quantitative estimate of drug-likeness (QED) is 0.376. The van der Waals surface area contributed by atoms with Crippen LogP contribution in [0.1, 0.15) is 42.6 Å². The molecule has 1 fully saturated rings. The summed E-state index contributed by atoms with van der Waals surface area (Å²) in [6.07, 6.45) is 0.147. The molecule has 0 bridgehead atoms. The summed E-state index contributed by atoms with van der Waals surface area (Å²) in [5, 5.41) is 17.0. The first kappa shape index (κ1) is 23.6. The van der Waals surface area contributed by atoms with Gasteiger partial charge in [-0.2, -0.15) is 18.2 Å². The lowest BCUT2D eigenvalue weighted by Gasteiger charge is -2.26. The molecule has 0 amide bonds. The number of aromatic nitrogens is 5. The summed E-state index contributed by atoms with van der Waals surface area (Å²) in [7, 11) is 0. The number of fused-ring (bicyclic) bond motifs is 2. The number of alkyl halides is 3. The Morgan fingerprint density at radius 3 is 2.70 bits per heavy atom. The Balaban J connectivity index is 1.46. The molecule has 1 aliphatic heterocycles. The van der Waals surface area contributed by atoms with E-state index in [1.54, 1.807) is 0 Å². The summed E-state index contributed by atoms with van der Waals surface area (Å²) in [6.45, 7) is 2.35. The number of hydrogen-bond acceptors (Lipinski definition) is 7. The Morgan fingerprint density at radius 1 is 1.14 bits per heavy atom. The molecule has 192 valence electrons. The van der Waals surface area contributed by atoms with Crippen LogP contribution in [0.4, 0.5) is 24.8 Å². The van der Waals surface area contributed by atoms with Crippen LogP contribution < -0.4 is 16.2 Å². The van der Waals surface area contributed by atoms with Crippen LogP contribution in [-0.2, 0) is 18.6 Å². The SMILES string of the molecule is CC(O)(c1cc(-n2c3nc(Nc4ccc5c(c4)CNCC5)ncc3c(=O)n2C2CC2)ccn1)C(F)(F)F. The zero-order chi connectivity index (χ0) is 25.9. The Kier molecular flexibility index (Phi) is 5.35. The Morgan fingerprint density at radius 2 is 1.95 bits per heavy atom. The second-order valence-corrected chi connectivity index (χ2v) is 9.63. The minimum atomic E-state index is -4.93. The smallest absolute Gasteiger partial charge is 0.375 e. The van der Waals surface area contributed by atoms with Crippen LogP contribution in [0.25, 0.3) is 16.7 Å². The molecule has 0 radical (unpaired) electrons. The fourth-order valence-corrected chi connectivity index (χ4v) is 4.61. The van der Waals surface area contributed by atoms with Crippen molar-refractivity contribution in [3.8, 4) is 5.69 Å². The van der Waals surface area contributed by atoms with Crippen molar-refractivity contribution in [1.29, 1.82) is 0 Å². The van der Waals surface area contributed by atoms with Gasteiger partial charge in [0.1, 0.15) is 5.39 Å². The molecule has 0 spiro atoms. The van der Waals surface area contributed by atoms with Crippen LogP contribution in [0, 0.1) is 0 Å². The van der Waals surface area contributed by atoms with E-state index in [9.17, 15) is 23.1 Å². The molecule has 4 aromatic rings. The number of benzene rings is 1. The highest BCUT2D eigenvalue weighted by atomic mass is 19.4. The van der Waals surface area contributed by atoms with Gasteiger partial charge in [0.05, 0.1) is 17.4 Å². The van der Waals surface area contributed by atoms with Crippen LogP contribution in [0.15, 0.2) is 47.5 Å². The fraction of sp³-hybridized carbons (Fsp3) is 0.360.